The Kier molecular flexibility index (Phi) is 5.64. The first kappa shape index (κ1) is 19.0. The third-order valence-corrected chi connectivity index (χ3v) is 4.09. The minimum atomic E-state index is -1.07. The first-order chi connectivity index (χ1) is 13.4. The van der Waals surface area contributed by atoms with E-state index in [2.05, 4.69) is 10.1 Å². The number of rotatable bonds is 7. The number of allylic oxidation sites excluding steroid dienone is 1. The SMILES string of the molecule is Cc1cc(C=CC(=O)c2cccc(OC(C)C(=O)O)c2)ccc1-n1cncn1. The van der Waals surface area contributed by atoms with Crippen LogP contribution in [0.2, 0.25) is 0 Å². The summed E-state index contributed by atoms with van der Waals surface area (Å²) in [6.45, 7) is 3.39. The summed E-state index contributed by atoms with van der Waals surface area (Å²) in [5.41, 5.74) is 3.21. The third-order valence-electron chi connectivity index (χ3n) is 4.09. The molecular weight excluding hydrogens is 358 g/mol. The largest absolute Gasteiger partial charge is 0.479 e. The number of aromatic nitrogens is 3. The van der Waals surface area contributed by atoms with Crippen molar-refractivity contribution in [2.45, 2.75) is 20.0 Å². The molecule has 0 spiro atoms. The lowest BCUT2D eigenvalue weighted by molar-refractivity contribution is -0.144. The predicted octanol–water partition coefficient (Wildman–Crippen LogP) is 3.32. The first-order valence-electron chi connectivity index (χ1n) is 8.61. The van der Waals surface area contributed by atoms with E-state index in [4.69, 9.17) is 9.84 Å². The van der Waals surface area contributed by atoms with Crippen LogP contribution in [0.25, 0.3) is 11.8 Å². The minimum Gasteiger partial charge on any atom is -0.479 e. The van der Waals surface area contributed by atoms with Gasteiger partial charge in [-0.05, 0) is 55.3 Å². The number of carboxylic acids is 1. The van der Waals surface area contributed by atoms with Crippen molar-refractivity contribution in [3.63, 3.8) is 0 Å². The van der Waals surface area contributed by atoms with Crippen molar-refractivity contribution in [2.75, 3.05) is 0 Å². The molecule has 1 unspecified atom stereocenters. The molecule has 1 aromatic heterocycles. The van der Waals surface area contributed by atoms with Crippen LogP contribution in [0.15, 0.2) is 61.2 Å². The topological polar surface area (TPSA) is 94.3 Å². The van der Waals surface area contributed by atoms with E-state index in [1.165, 1.54) is 25.4 Å². The van der Waals surface area contributed by atoms with Crippen LogP contribution in [0.1, 0.15) is 28.4 Å². The summed E-state index contributed by atoms with van der Waals surface area (Å²) < 4.78 is 6.98. The Morgan fingerprint density at radius 1 is 1.21 bits per heavy atom. The van der Waals surface area contributed by atoms with Crippen molar-refractivity contribution in [1.29, 1.82) is 0 Å². The molecule has 7 nitrogen and oxygen atoms in total. The fourth-order valence-corrected chi connectivity index (χ4v) is 2.62. The van der Waals surface area contributed by atoms with Crippen LogP contribution < -0.4 is 4.74 Å². The zero-order chi connectivity index (χ0) is 20.1. The highest BCUT2D eigenvalue weighted by molar-refractivity contribution is 6.07. The quantitative estimate of drug-likeness (QED) is 0.501. The summed E-state index contributed by atoms with van der Waals surface area (Å²) in [5.74, 6) is -0.935. The number of aryl methyl sites for hydroxylation is 1. The molecule has 1 atom stereocenters. The Bertz CT molecular complexity index is 1030. The van der Waals surface area contributed by atoms with Crippen LogP contribution in [0.3, 0.4) is 0 Å². The summed E-state index contributed by atoms with van der Waals surface area (Å²) >= 11 is 0. The summed E-state index contributed by atoms with van der Waals surface area (Å²) in [5, 5.41) is 13.0. The van der Waals surface area contributed by atoms with Crippen LogP contribution in [0.5, 0.6) is 5.75 Å². The van der Waals surface area contributed by atoms with Gasteiger partial charge in [-0.2, -0.15) is 5.10 Å². The fraction of sp³-hybridized carbons (Fsp3) is 0.143. The molecule has 0 fully saturated rings. The van der Waals surface area contributed by atoms with Crippen molar-refractivity contribution in [1.82, 2.24) is 14.8 Å². The number of nitrogens with zero attached hydrogens (tertiary/aromatic N) is 3. The van der Waals surface area contributed by atoms with E-state index in [9.17, 15) is 9.59 Å². The molecule has 3 rings (SSSR count). The van der Waals surface area contributed by atoms with Crippen LogP contribution in [-0.4, -0.2) is 37.7 Å². The van der Waals surface area contributed by atoms with E-state index in [0.29, 0.717) is 11.3 Å². The van der Waals surface area contributed by atoms with E-state index in [1.807, 2.05) is 25.1 Å². The molecule has 142 valence electrons. The van der Waals surface area contributed by atoms with Crippen molar-refractivity contribution < 1.29 is 19.4 Å². The molecular formula is C21H19N3O4. The number of carboxylic acid groups (broad SMARTS) is 1. The smallest absolute Gasteiger partial charge is 0.344 e. The van der Waals surface area contributed by atoms with Gasteiger partial charge < -0.3 is 9.84 Å². The summed E-state index contributed by atoms with van der Waals surface area (Å²) in [6.07, 6.45) is 5.31. The number of hydrogen-bond donors (Lipinski definition) is 1. The molecule has 0 saturated heterocycles. The van der Waals surface area contributed by atoms with Crippen LogP contribution in [-0.2, 0) is 4.79 Å². The van der Waals surface area contributed by atoms with Gasteiger partial charge in [-0.25, -0.2) is 14.5 Å². The molecule has 7 heteroatoms. The van der Waals surface area contributed by atoms with Crippen molar-refractivity contribution in [3.8, 4) is 11.4 Å². The third kappa shape index (κ3) is 4.50. The van der Waals surface area contributed by atoms with Gasteiger partial charge in [0.15, 0.2) is 11.9 Å². The molecule has 0 saturated carbocycles. The lowest BCUT2D eigenvalue weighted by Crippen LogP contribution is -2.22. The second-order valence-corrected chi connectivity index (χ2v) is 6.21. The zero-order valence-electron chi connectivity index (χ0n) is 15.4. The number of ether oxygens (including phenoxy) is 1. The number of carbonyl (C=O) groups excluding carboxylic acids is 1. The molecule has 1 N–H and O–H groups in total. The predicted molar refractivity (Wildman–Crippen MR) is 104 cm³/mol. The summed E-state index contributed by atoms with van der Waals surface area (Å²) in [4.78, 5) is 27.3. The molecule has 28 heavy (non-hydrogen) atoms. The van der Waals surface area contributed by atoms with E-state index < -0.39 is 12.1 Å². The maximum atomic E-state index is 12.4. The van der Waals surface area contributed by atoms with E-state index in [-0.39, 0.29) is 5.78 Å². The molecule has 0 aliphatic heterocycles. The number of benzene rings is 2. The molecule has 0 amide bonds. The number of carbonyl (C=O) groups is 2. The highest BCUT2D eigenvalue weighted by Gasteiger charge is 2.13. The summed E-state index contributed by atoms with van der Waals surface area (Å²) in [6, 6.07) is 12.2. The average Bonchev–Trinajstić information content (AvgIpc) is 3.20. The normalized spacial score (nSPS) is 12.1. The molecule has 2 aromatic carbocycles. The highest BCUT2D eigenvalue weighted by atomic mass is 16.5. The van der Waals surface area contributed by atoms with Gasteiger partial charge in [0.05, 0.1) is 5.69 Å². The maximum Gasteiger partial charge on any atom is 0.344 e. The number of hydrogen-bond acceptors (Lipinski definition) is 5. The van der Waals surface area contributed by atoms with Crippen LogP contribution in [0.4, 0.5) is 0 Å². The first-order valence-corrected chi connectivity index (χ1v) is 8.61. The summed E-state index contributed by atoms with van der Waals surface area (Å²) in [7, 11) is 0. The second-order valence-electron chi connectivity index (χ2n) is 6.21. The molecule has 1 heterocycles. The second kappa shape index (κ2) is 8.30. The monoisotopic (exact) mass is 377 g/mol. The van der Waals surface area contributed by atoms with Gasteiger partial charge in [-0.1, -0.05) is 24.3 Å². The lowest BCUT2D eigenvalue weighted by Gasteiger charge is -2.10. The Balaban J connectivity index is 1.73. The van der Waals surface area contributed by atoms with Crippen LogP contribution in [0, 0.1) is 6.92 Å². The number of aliphatic carboxylic acids is 1. The molecule has 0 bridgehead atoms. The van der Waals surface area contributed by atoms with Gasteiger partial charge in [0.1, 0.15) is 18.4 Å². The van der Waals surface area contributed by atoms with Gasteiger partial charge in [0.25, 0.3) is 0 Å². The van der Waals surface area contributed by atoms with Crippen molar-refractivity contribution in [3.05, 3.63) is 77.9 Å². The van der Waals surface area contributed by atoms with Gasteiger partial charge in [0.2, 0.25) is 0 Å². The van der Waals surface area contributed by atoms with Crippen LogP contribution >= 0.6 is 0 Å². The molecule has 0 radical (unpaired) electrons. The Labute approximate surface area is 161 Å². The van der Waals surface area contributed by atoms with E-state index in [0.717, 1.165) is 16.8 Å². The zero-order valence-corrected chi connectivity index (χ0v) is 15.4. The lowest BCUT2D eigenvalue weighted by atomic mass is 10.1. The fourth-order valence-electron chi connectivity index (χ4n) is 2.62. The Morgan fingerprint density at radius 2 is 2.04 bits per heavy atom. The Morgan fingerprint density at radius 3 is 2.71 bits per heavy atom. The minimum absolute atomic E-state index is 0.202. The van der Waals surface area contributed by atoms with Gasteiger partial charge in [0, 0.05) is 5.56 Å². The highest BCUT2D eigenvalue weighted by Crippen LogP contribution is 2.18. The molecule has 0 aliphatic carbocycles. The average molecular weight is 377 g/mol. The standard InChI is InChI=1S/C21H19N3O4/c1-14-10-16(6-8-19(14)24-13-22-12-23-24)7-9-20(25)17-4-3-5-18(11-17)28-15(2)21(26)27/h3-13,15H,1-2H3,(H,26,27). The Hall–Kier alpha value is -3.74. The molecule has 3 aromatic rings. The number of ketones is 1. The van der Waals surface area contributed by atoms with Gasteiger partial charge >= 0.3 is 5.97 Å². The molecule has 0 aliphatic rings. The van der Waals surface area contributed by atoms with Gasteiger partial charge in [-0.3, -0.25) is 4.79 Å². The van der Waals surface area contributed by atoms with Crippen molar-refractivity contribution in [2.24, 2.45) is 0 Å². The maximum absolute atomic E-state index is 12.4. The van der Waals surface area contributed by atoms with Crippen molar-refractivity contribution >= 4 is 17.8 Å². The van der Waals surface area contributed by atoms with E-state index in [1.54, 1.807) is 35.3 Å². The van der Waals surface area contributed by atoms with E-state index >= 15 is 0 Å². The van der Waals surface area contributed by atoms with Gasteiger partial charge in [-0.15, -0.1) is 0 Å².